The zero-order chi connectivity index (χ0) is 57.5. The highest BCUT2D eigenvalue weighted by Gasteiger charge is 2.34. The number of ether oxygens (including phenoxy) is 2. The van der Waals surface area contributed by atoms with Crippen molar-refractivity contribution in [1.29, 1.82) is 0 Å². The third-order valence-corrected chi connectivity index (χ3v) is 15.6. The van der Waals surface area contributed by atoms with Crippen LogP contribution in [0, 0.1) is 27.7 Å². The largest absolute Gasteiger partial charge is 0.457 e. The topological polar surface area (TPSA) is 119 Å². The third kappa shape index (κ3) is 14.2. The second-order valence-electron chi connectivity index (χ2n) is 21.5. The highest BCUT2D eigenvalue weighted by molar-refractivity contribution is 5.51. The van der Waals surface area contributed by atoms with Crippen molar-refractivity contribution in [2.75, 3.05) is 65.4 Å². The number of rotatable bonds is 18. The number of para-hydroxylation sites is 4. The molecule has 4 heterocycles. The minimum absolute atomic E-state index is 0.139. The van der Waals surface area contributed by atoms with Gasteiger partial charge in [0.15, 0.2) is 11.6 Å². The lowest BCUT2D eigenvalue weighted by Gasteiger charge is -2.38. The first-order valence-electron chi connectivity index (χ1n) is 29.0. The maximum absolute atomic E-state index is 6.23. The van der Waals surface area contributed by atoms with Crippen molar-refractivity contribution in [2.45, 2.75) is 39.8 Å². The maximum atomic E-state index is 6.23. The van der Waals surface area contributed by atoms with E-state index in [4.69, 9.17) is 9.47 Å². The number of hydrogen-bond donors (Lipinski definition) is 0. The Morgan fingerprint density at radius 2 is 0.714 bits per heavy atom. The number of hydrogen-bond acceptors (Lipinski definition) is 12. The molecule has 0 N–H and O–H groups in total. The van der Waals surface area contributed by atoms with Gasteiger partial charge in [-0.2, -0.15) is 9.36 Å². The van der Waals surface area contributed by atoms with Crippen molar-refractivity contribution in [3.8, 4) is 34.4 Å². The lowest BCUT2D eigenvalue weighted by molar-refractivity contribution is 0.113. The fraction of sp³-hybridized carbons (Fsp3) is 0.229. The molecule has 0 bridgehead atoms. The standard InChI is InChI=1S/2C35H36N6O/c2*1-27-12-9-13-28(2)33(27)41-35(36-37-38-41)34(30-17-10-20-32(26-30)42-31-18-7-4-8-19-31)40-24-22-39(23-25-40)21-11-16-29-14-5-3-6-15-29/h2*3-20,26,34H,21-25H2,1-2H3/b2*16-11+/t2*34-/m10/s1. The normalized spacial score (nSPS) is 15.2. The summed E-state index contributed by atoms with van der Waals surface area (Å²) < 4.78 is 16.3. The average Bonchev–Trinajstić information content (AvgIpc) is 3.19. The minimum Gasteiger partial charge on any atom is -0.457 e. The van der Waals surface area contributed by atoms with Crippen LogP contribution in [-0.2, 0) is 0 Å². The molecule has 10 aromatic rings. The number of piperazine rings is 2. The second-order valence-corrected chi connectivity index (χ2v) is 21.5. The van der Waals surface area contributed by atoms with Gasteiger partial charge in [0.2, 0.25) is 0 Å². The van der Waals surface area contributed by atoms with Crippen molar-refractivity contribution in [1.82, 2.24) is 60.0 Å². The number of nitrogens with zero attached hydrogens (tertiary/aromatic N) is 12. The summed E-state index contributed by atoms with van der Waals surface area (Å²) in [6.45, 7) is 17.7. The molecule has 0 saturated carbocycles. The molecular formula is C70H72N12O2. The second kappa shape index (κ2) is 27.7. The Morgan fingerprint density at radius 3 is 1.08 bits per heavy atom. The van der Waals surface area contributed by atoms with Gasteiger partial charge in [0.25, 0.3) is 0 Å². The zero-order valence-corrected chi connectivity index (χ0v) is 48.3. The van der Waals surface area contributed by atoms with E-state index in [0.29, 0.717) is 0 Å². The predicted molar refractivity (Wildman–Crippen MR) is 334 cm³/mol. The summed E-state index contributed by atoms with van der Waals surface area (Å²) in [7, 11) is 0. The average molecular weight is 1110 g/mol. The van der Waals surface area contributed by atoms with Crippen LogP contribution in [0.2, 0.25) is 0 Å². The van der Waals surface area contributed by atoms with Crippen molar-refractivity contribution in [3.63, 3.8) is 0 Å². The molecule has 2 aromatic heterocycles. The van der Waals surface area contributed by atoms with Gasteiger partial charge in [-0.15, -0.1) is 10.2 Å². The van der Waals surface area contributed by atoms with E-state index >= 15 is 0 Å². The predicted octanol–water partition coefficient (Wildman–Crippen LogP) is 13.0. The smallest absolute Gasteiger partial charge is 0.178 e. The van der Waals surface area contributed by atoms with E-state index in [0.717, 1.165) is 145 Å². The molecule has 0 spiro atoms. The van der Waals surface area contributed by atoms with Crippen LogP contribution in [0.25, 0.3) is 23.5 Å². The molecule has 0 amide bonds. The highest BCUT2D eigenvalue weighted by atomic mass is 16.5. The van der Waals surface area contributed by atoms with Crippen LogP contribution in [-0.4, -0.2) is 125 Å². The first kappa shape index (κ1) is 56.7. The first-order valence-corrected chi connectivity index (χ1v) is 29.0. The number of aryl methyl sites for hydroxylation is 4. The van der Waals surface area contributed by atoms with Gasteiger partial charge in [-0.05, 0) is 142 Å². The Morgan fingerprint density at radius 1 is 0.381 bits per heavy atom. The van der Waals surface area contributed by atoms with Crippen LogP contribution in [0.15, 0.2) is 218 Å². The first-order chi connectivity index (χ1) is 41.3. The van der Waals surface area contributed by atoms with E-state index in [2.05, 4.69) is 224 Å². The molecule has 2 aliphatic rings. The van der Waals surface area contributed by atoms with Gasteiger partial charge >= 0.3 is 0 Å². The van der Waals surface area contributed by atoms with Gasteiger partial charge < -0.3 is 9.47 Å². The van der Waals surface area contributed by atoms with Crippen molar-refractivity contribution < 1.29 is 9.47 Å². The Bertz CT molecular complexity index is 3450. The van der Waals surface area contributed by atoms with E-state index < -0.39 is 0 Å². The van der Waals surface area contributed by atoms with Gasteiger partial charge in [-0.1, -0.05) is 182 Å². The fourth-order valence-electron chi connectivity index (χ4n) is 11.3. The van der Waals surface area contributed by atoms with Crippen LogP contribution >= 0.6 is 0 Å². The van der Waals surface area contributed by atoms with Crippen LogP contribution in [0.3, 0.4) is 0 Å². The lowest BCUT2D eigenvalue weighted by Crippen LogP contribution is -2.48. The summed E-state index contributed by atoms with van der Waals surface area (Å²) in [5.74, 6) is 4.81. The molecule has 14 nitrogen and oxygen atoms in total. The highest BCUT2D eigenvalue weighted by Crippen LogP contribution is 2.36. The lowest BCUT2D eigenvalue weighted by atomic mass is 10.0. The van der Waals surface area contributed by atoms with Crippen LogP contribution in [0.1, 0.15) is 68.2 Å². The van der Waals surface area contributed by atoms with E-state index in [1.807, 2.05) is 94.3 Å². The summed E-state index contributed by atoms with van der Waals surface area (Å²) >= 11 is 0. The molecule has 84 heavy (non-hydrogen) atoms. The molecule has 0 aliphatic carbocycles. The van der Waals surface area contributed by atoms with Gasteiger partial charge in [0, 0.05) is 65.4 Å². The Labute approximate surface area is 493 Å². The van der Waals surface area contributed by atoms with Crippen molar-refractivity contribution >= 4 is 12.2 Å². The number of benzene rings is 8. The van der Waals surface area contributed by atoms with E-state index in [1.165, 1.54) is 11.1 Å². The SMILES string of the molecule is Cc1cccc(C)c1-n1nnnc1[C@@H](c1cccc(Oc2ccccc2)c1)N1CCN(C/C=C/c2ccccc2)CC1.Cc1cccc(C)c1-n1nnnc1[C@H](c1cccc(Oc2ccccc2)c1)N1CCN(C/C=C/c2ccccc2)CC1. The number of tetrazole rings is 2. The summed E-state index contributed by atoms with van der Waals surface area (Å²) in [5.41, 5.74) is 11.3. The molecule has 2 saturated heterocycles. The van der Waals surface area contributed by atoms with Crippen LogP contribution < -0.4 is 9.47 Å². The van der Waals surface area contributed by atoms with E-state index in [9.17, 15) is 0 Å². The van der Waals surface area contributed by atoms with E-state index in [-0.39, 0.29) is 12.1 Å². The zero-order valence-electron chi connectivity index (χ0n) is 48.3. The molecule has 2 fully saturated rings. The summed E-state index contributed by atoms with van der Waals surface area (Å²) in [4.78, 5) is 9.98. The van der Waals surface area contributed by atoms with Gasteiger partial charge in [0.1, 0.15) is 23.0 Å². The Kier molecular flexibility index (Phi) is 18.7. The number of aromatic nitrogens is 8. The minimum atomic E-state index is -0.139. The van der Waals surface area contributed by atoms with Crippen molar-refractivity contribution in [2.24, 2.45) is 0 Å². The summed E-state index contributed by atoms with van der Waals surface area (Å²) in [6, 6.07) is 69.7. The molecule has 14 heteroatoms. The fourth-order valence-corrected chi connectivity index (χ4v) is 11.3. The van der Waals surface area contributed by atoms with Crippen LogP contribution in [0.5, 0.6) is 23.0 Å². The Balaban J connectivity index is 0.000000175. The van der Waals surface area contributed by atoms with Gasteiger partial charge in [-0.25, -0.2) is 0 Å². The molecule has 2 atom stereocenters. The summed E-state index contributed by atoms with van der Waals surface area (Å²) in [5, 5.41) is 26.6. The maximum Gasteiger partial charge on any atom is 0.178 e. The monoisotopic (exact) mass is 1110 g/mol. The quantitative estimate of drug-likeness (QED) is 0.0814. The van der Waals surface area contributed by atoms with Gasteiger partial charge in [0.05, 0.1) is 23.5 Å². The van der Waals surface area contributed by atoms with Gasteiger partial charge in [-0.3, -0.25) is 19.6 Å². The molecule has 2 aliphatic heterocycles. The molecule has 424 valence electrons. The molecule has 12 rings (SSSR count). The molecule has 8 aromatic carbocycles. The van der Waals surface area contributed by atoms with E-state index in [1.54, 1.807) is 0 Å². The van der Waals surface area contributed by atoms with Crippen molar-refractivity contribution in [3.05, 3.63) is 275 Å². The Hall–Kier alpha value is -9.18. The molecular weight excluding hydrogens is 1040 g/mol. The molecule has 0 unspecified atom stereocenters. The third-order valence-electron chi connectivity index (χ3n) is 15.6. The summed E-state index contributed by atoms with van der Waals surface area (Å²) in [6.07, 6.45) is 8.92. The molecule has 0 radical (unpaired) electrons. The van der Waals surface area contributed by atoms with Crippen LogP contribution in [0.4, 0.5) is 0 Å².